The molecular formula is C18H24N4O2. The second kappa shape index (κ2) is 6.51. The minimum Gasteiger partial charge on any atom is -0.361 e. The van der Waals surface area contributed by atoms with E-state index in [1.807, 2.05) is 13.0 Å². The van der Waals surface area contributed by atoms with Crippen LogP contribution in [0.3, 0.4) is 0 Å². The van der Waals surface area contributed by atoms with Gasteiger partial charge in [-0.2, -0.15) is 0 Å². The Kier molecular flexibility index (Phi) is 4.22. The largest absolute Gasteiger partial charge is 0.361 e. The Morgan fingerprint density at radius 2 is 2.17 bits per heavy atom. The highest BCUT2D eigenvalue weighted by Gasteiger charge is 2.24. The van der Waals surface area contributed by atoms with Gasteiger partial charge in [0.25, 0.3) is 5.56 Å². The van der Waals surface area contributed by atoms with Gasteiger partial charge in [-0.05, 0) is 26.2 Å². The van der Waals surface area contributed by atoms with Gasteiger partial charge in [0, 0.05) is 37.2 Å². The van der Waals surface area contributed by atoms with E-state index in [9.17, 15) is 4.79 Å². The molecule has 0 aromatic carbocycles. The van der Waals surface area contributed by atoms with E-state index in [0.717, 1.165) is 60.9 Å². The fourth-order valence-electron chi connectivity index (χ4n) is 3.94. The molecule has 1 N–H and O–H groups in total. The van der Waals surface area contributed by atoms with Gasteiger partial charge < -0.3 is 9.51 Å². The molecule has 1 fully saturated rings. The number of nitrogens with zero attached hydrogens (tertiary/aromatic N) is 3. The number of fused-ring (bicyclic) bond motifs is 1. The van der Waals surface area contributed by atoms with Crippen molar-refractivity contribution in [3.05, 3.63) is 45.0 Å². The molecule has 0 bridgehead atoms. The van der Waals surface area contributed by atoms with E-state index >= 15 is 0 Å². The maximum Gasteiger partial charge on any atom is 0.254 e. The van der Waals surface area contributed by atoms with Gasteiger partial charge in [-0.1, -0.05) is 24.4 Å². The Balaban J connectivity index is 1.55. The van der Waals surface area contributed by atoms with Crippen molar-refractivity contribution in [2.24, 2.45) is 0 Å². The maximum atomic E-state index is 12.5. The van der Waals surface area contributed by atoms with E-state index < -0.39 is 0 Å². The summed E-state index contributed by atoms with van der Waals surface area (Å²) in [5, 5.41) is 4.07. The summed E-state index contributed by atoms with van der Waals surface area (Å²) in [6.45, 7) is 4.21. The number of rotatable bonds is 3. The monoisotopic (exact) mass is 328 g/mol. The first-order chi connectivity index (χ1) is 11.7. The van der Waals surface area contributed by atoms with E-state index in [4.69, 9.17) is 9.51 Å². The summed E-state index contributed by atoms with van der Waals surface area (Å²) in [5.74, 6) is 2.15. The third kappa shape index (κ3) is 3.15. The molecule has 1 aliphatic heterocycles. The van der Waals surface area contributed by atoms with Gasteiger partial charge in [-0.15, -0.1) is 0 Å². The van der Waals surface area contributed by atoms with Crippen molar-refractivity contribution in [3.8, 4) is 0 Å². The van der Waals surface area contributed by atoms with Crippen LogP contribution in [0.4, 0.5) is 0 Å². The van der Waals surface area contributed by atoms with E-state index in [2.05, 4.69) is 15.0 Å². The van der Waals surface area contributed by atoms with Crippen LogP contribution in [-0.4, -0.2) is 26.6 Å². The van der Waals surface area contributed by atoms with E-state index in [1.165, 1.54) is 19.3 Å². The summed E-state index contributed by atoms with van der Waals surface area (Å²) in [6.07, 6.45) is 6.82. The molecule has 2 aromatic rings. The van der Waals surface area contributed by atoms with Crippen LogP contribution in [0.15, 0.2) is 15.4 Å². The van der Waals surface area contributed by atoms with E-state index in [0.29, 0.717) is 12.5 Å². The highest BCUT2D eigenvalue weighted by molar-refractivity contribution is 5.22. The molecule has 0 unspecified atom stereocenters. The number of aryl methyl sites for hydroxylation is 1. The van der Waals surface area contributed by atoms with Gasteiger partial charge in [0.2, 0.25) is 0 Å². The number of hydrogen-bond donors (Lipinski definition) is 1. The Morgan fingerprint density at radius 3 is 2.92 bits per heavy atom. The smallest absolute Gasteiger partial charge is 0.254 e. The second-order valence-corrected chi connectivity index (χ2v) is 7.10. The summed E-state index contributed by atoms with van der Waals surface area (Å²) >= 11 is 0. The van der Waals surface area contributed by atoms with Crippen LogP contribution in [0.25, 0.3) is 0 Å². The topological polar surface area (TPSA) is 75.0 Å². The normalized spacial score (nSPS) is 19.4. The Labute approximate surface area is 141 Å². The third-order valence-electron chi connectivity index (χ3n) is 5.23. The van der Waals surface area contributed by atoms with Crippen LogP contribution in [-0.2, 0) is 19.5 Å². The van der Waals surface area contributed by atoms with Crippen molar-refractivity contribution in [2.45, 2.75) is 64.5 Å². The van der Waals surface area contributed by atoms with Crippen LogP contribution >= 0.6 is 0 Å². The molecule has 3 heterocycles. The molecular weight excluding hydrogens is 304 g/mol. The van der Waals surface area contributed by atoms with Crippen LogP contribution in [0, 0.1) is 6.92 Å². The molecule has 4 rings (SSSR count). The van der Waals surface area contributed by atoms with Crippen molar-refractivity contribution in [1.82, 2.24) is 20.0 Å². The average molecular weight is 328 g/mol. The standard InChI is InChI=1S/C18H24N4O2/c1-12-9-14(21-24-12)10-22-8-7-15-16(11-22)19-17(20-18(15)23)13-5-3-2-4-6-13/h9,13H,2-8,10-11H2,1H3,(H,19,20,23). The van der Waals surface area contributed by atoms with Crippen molar-refractivity contribution in [2.75, 3.05) is 6.54 Å². The molecule has 0 spiro atoms. The van der Waals surface area contributed by atoms with Crippen LogP contribution in [0.2, 0.25) is 0 Å². The number of aromatic nitrogens is 3. The van der Waals surface area contributed by atoms with Crippen molar-refractivity contribution < 1.29 is 4.52 Å². The predicted molar refractivity (Wildman–Crippen MR) is 89.7 cm³/mol. The fourth-order valence-corrected chi connectivity index (χ4v) is 3.94. The summed E-state index contributed by atoms with van der Waals surface area (Å²) in [5.41, 5.74) is 2.82. The lowest BCUT2D eigenvalue weighted by molar-refractivity contribution is 0.231. The van der Waals surface area contributed by atoms with E-state index in [1.54, 1.807) is 0 Å². The molecule has 6 heteroatoms. The molecule has 1 saturated carbocycles. The quantitative estimate of drug-likeness (QED) is 0.937. The van der Waals surface area contributed by atoms with Gasteiger partial charge in [-0.3, -0.25) is 9.69 Å². The molecule has 2 aromatic heterocycles. The highest BCUT2D eigenvalue weighted by atomic mass is 16.5. The lowest BCUT2D eigenvalue weighted by Gasteiger charge is -2.28. The van der Waals surface area contributed by atoms with Crippen LogP contribution in [0.1, 0.15) is 66.6 Å². The molecule has 128 valence electrons. The fraction of sp³-hybridized carbons (Fsp3) is 0.611. The van der Waals surface area contributed by atoms with Crippen molar-refractivity contribution in [3.63, 3.8) is 0 Å². The number of H-pyrrole nitrogens is 1. The minimum absolute atomic E-state index is 0.0671. The molecule has 0 atom stereocenters. The Hall–Kier alpha value is -1.95. The first-order valence-corrected chi connectivity index (χ1v) is 8.95. The van der Waals surface area contributed by atoms with Crippen molar-refractivity contribution >= 4 is 0 Å². The lowest BCUT2D eigenvalue weighted by atomic mass is 9.88. The van der Waals surface area contributed by atoms with Gasteiger partial charge in [0.15, 0.2) is 0 Å². The van der Waals surface area contributed by atoms with Gasteiger partial charge in [-0.25, -0.2) is 4.98 Å². The highest BCUT2D eigenvalue weighted by Crippen LogP contribution is 2.30. The second-order valence-electron chi connectivity index (χ2n) is 7.10. The van der Waals surface area contributed by atoms with Gasteiger partial charge in [0.05, 0.1) is 11.4 Å². The van der Waals surface area contributed by atoms with Crippen molar-refractivity contribution in [1.29, 1.82) is 0 Å². The molecule has 0 radical (unpaired) electrons. The minimum atomic E-state index is 0.0671. The number of aromatic amines is 1. The van der Waals surface area contributed by atoms with E-state index in [-0.39, 0.29) is 5.56 Å². The number of hydrogen-bond acceptors (Lipinski definition) is 5. The van der Waals surface area contributed by atoms with Crippen LogP contribution < -0.4 is 5.56 Å². The molecule has 2 aliphatic rings. The lowest BCUT2D eigenvalue weighted by Crippen LogP contribution is -2.35. The maximum absolute atomic E-state index is 12.5. The summed E-state index contributed by atoms with van der Waals surface area (Å²) in [6, 6.07) is 1.97. The first kappa shape index (κ1) is 15.6. The van der Waals surface area contributed by atoms with Gasteiger partial charge in [0.1, 0.15) is 11.6 Å². The molecule has 1 aliphatic carbocycles. The molecule has 0 saturated heterocycles. The third-order valence-corrected chi connectivity index (χ3v) is 5.23. The Morgan fingerprint density at radius 1 is 1.33 bits per heavy atom. The summed E-state index contributed by atoms with van der Waals surface area (Å²) in [4.78, 5) is 22.7. The average Bonchev–Trinajstić information content (AvgIpc) is 3.00. The molecule has 0 amide bonds. The summed E-state index contributed by atoms with van der Waals surface area (Å²) < 4.78 is 5.15. The zero-order valence-electron chi connectivity index (χ0n) is 14.2. The van der Waals surface area contributed by atoms with Crippen LogP contribution in [0.5, 0.6) is 0 Å². The van der Waals surface area contributed by atoms with Gasteiger partial charge >= 0.3 is 0 Å². The summed E-state index contributed by atoms with van der Waals surface area (Å²) in [7, 11) is 0. The molecule has 6 nitrogen and oxygen atoms in total. The first-order valence-electron chi connectivity index (χ1n) is 8.95. The zero-order valence-corrected chi connectivity index (χ0v) is 14.2. The SMILES string of the molecule is Cc1cc(CN2CCc3c(nc(C4CCCCC4)[nH]c3=O)C2)no1. The Bertz CT molecular complexity index is 774. The molecule has 24 heavy (non-hydrogen) atoms. The predicted octanol–water partition coefficient (Wildman–Crippen LogP) is 2.67. The zero-order chi connectivity index (χ0) is 16.5. The number of nitrogens with one attached hydrogen (secondary N) is 1.